The van der Waals surface area contributed by atoms with Crippen LogP contribution in [-0.2, 0) is 11.3 Å². The van der Waals surface area contributed by atoms with Gasteiger partial charge in [-0.05, 0) is 13.3 Å². The first-order valence-electron chi connectivity index (χ1n) is 4.51. The summed E-state index contributed by atoms with van der Waals surface area (Å²) in [5, 5.41) is 7.58. The van der Waals surface area contributed by atoms with E-state index in [1.54, 1.807) is 12.5 Å². The molecule has 0 saturated carbocycles. The van der Waals surface area contributed by atoms with Crippen LogP contribution in [0.5, 0.6) is 0 Å². The van der Waals surface area contributed by atoms with Gasteiger partial charge in [0.2, 0.25) is 5.90 Å². The molecule has 0 atom stereocenters. The summed E-state index contributed by atoms with van der Waals surface area (Å²) in [5.74, 6) is 0.202. The highest BCUT2D eigenvalue weighted by atomic mass is 16.5. The van der Waals surface area contributed by atoms with Crippen molar-refractivity contribution in [1.29, 1.82) is 5.41 Å². The zero-order valence-electron chi connectivity index (χ0n) is 8.08. The molecule has 4 nitrogen and oxygen atoms in total. The molecule has 1 rings (SSSR count). The zero-order valence-corrected chi connectivity index (χ0v) is 8.08. The molecule has 0 aliphatic carbocycles. The van der Waals surface area contributed by atoms with Crippen molar-refractivity contribution in [2.75, 3.05) is 6.61 Å². The largest absolute Gasteiger partial charge is 0.477 e. The van der Waals surface area contributed by atoms with Gasteiger partial charge in [0.1, 0.15) is 5.69 Å². The van der Waals surface area contributed by atoms with Gasteiger partial charge in [0, 0.05) is 6.54 Å². The van der Waals surface area contributed by atoms with Crippen molar-refractivity contribution in [2.45, 2.75) is 26.8 Å². The SMILES string of the molecule is CCCn1cncc1C(=N)OCC. The fourth-order valence-electron chi connectivity index (χ4n) is 1.15. The molecule has 0 aromatic carbocycles. The minimum absolute atomic E-state index is 0.202. The van der Waals surface area contributed by atoms with E-state index in [9.17, 15) is 0 Å². The van der Waals surface area contributed by atoms with E-state index in [-0.39, 0.29) is 5.90 Å². The minimum atomic E-state index is 0.202. The molecule has 72 valence electrons. The van der Waals surface area contributed by atoms with E-state index in [0.717, 1.165) is 18.7 Å². The van der Waals surface area contributed by atoms with Crippen LogP contribution in [0.15, 0.2) is 12.5 Å². The number of ether oxygens (including phenoxy) is 1. The van der Waals surface area contributed by atoms with E-state index in [0.29, 0.717) is 6.61 Å². The molecule has 0 spiro atoms. The number of rotatable bonds is 4. The molecule has 1 N–H and O–H groups in total. The first-order chi connectivity index (χ1) is 6.29. The third-order valence-electron chi connectivity index (χ3n) is 1.70. The molecule has 4 heteroatoms. The number of hydrogen-bond donors (Lipinski definition) is 1. The van der Waals surface area contributed by atoms with Crippen LogP contribution in [0.2, 0.25) is 0 Å². The van der Waals surface area contributed by atoms with Gasteiger partial charge in [0.25, 0.3) is 0 Å². The molecule has 1 heterocycles. The summed E-state index contributed by atoms with van der Waals surface area (Å²) in [6, 6.07) is 0. The van der Waals surface area contributed by atoms with Crippen LogP contribution in [-0.4, -0.2) is 22.1 Å². The summed E-state index contributed by atoms with van der Waals surface area (Å²) in [6.45, 7) is 5.37. The van der Waals surface area contributed by atoms with Gasteiger partial charge >= 0.3 is 0 Å². The lowest BCUT2D eigenvalue weighted by molar-refractivity contribution is 0.323. The average molecular weight is 181 g/mol. The van der Waals surface area contributed by atoms with Gasteiger partial charge in [-0.2, -0.15) is 0 Å². The van der Waals surface area contributed by atoms with E-state index < -0.39 is 0 Å². The molecule has 0 fully saturated rings. The van der Waals surface area contributed by atoms with Gasteiger partial charge in [-0.3, -0.25) is 5.41 Å². The molecule has 0 aliphatic rings. The maximum absolute atomic E-state index is 7.58. The second kappa shape index (κ2) is 4.64. The molecule has 13 heavy (non-hydrogen) atoms. The molecule has 1 aromatic rings. The van der Waals surface area contributed by atoms with Crippen molar-refractivity contribution in [1.82, 2.24) is 9.55 Å². The van der Waals surface area contributed by atoms with Gasteiger partial charge < -0.3 is 9.30 Å². The number of hydrogen-bond acceptors (Lipinski definition) is 3. The number of aryl methyl sites for hydroxylation is 1. The zero-order chi connectivity index (χ0) is 9.68. The monoisotopic (exact) mass is 181 g/mol. The quantitative estimate of drug-likeness (QED) is 0.567. The van der Waals surface area contributed by atoms with Crippen molar-refractivity contribution in [3.8, 4) is 0 Å². The Bertz CT molecular complexity index is 280. The van der Waals surface area contributed by atoms with Crippen molar-refractivity contribution >= 4 is 5.90 Å². The second-order valence-corrected chi connectivity index (χ2v) is 2.73. The van der Waals surface area contributed by atoms with Crippen LogP contribution in [0.25, 0.3) is 0 Å². The third kappa shape index (κ3) is 2.31. The number of nitrogens with one attached hydrogen (secondary N) is 1. The first kappa shape index (κ1) is 9.77. The molecule has 0 radical (unpaired) electrons. The van der Waals surface area contributed by atoms with Crippen LogP contribution >= 0.6 is 0 Å². The van der Waals surface area contributed by atoms with Gasteiger partial charge in [0.15, 0.2) is 0 Å². The molecule has 0 aliphatic heterocycles. The Hall–Kier alpha value is -1.32. The number of nitrogens with zero attached hydrogens (tertiary/aromatic N) is 2. The van der Waals surface area contributed by atoms with Crippen molar-refractivity contribution in [3.63, 3.8) is 0 Å². The molecule has 0 unspecified atom stereocenters. The Morgan fingerprint density at radius 2 is 2.38 bits per heavy atom. The maximum Gasteiger partial charge on any atom is 0.232 e. The molecule has 0 saturated heterocycles. The Labute approximate surface area is 78.1 Å². The molecular formula is C9H15N3O. The fraction of sp³-hybridized carbons (Fsp3) is 0.556. The van der Waals surface area contributed by atoms with Crippen molar-refractivity contribution < 1.29 is 4.74 Å². The highest BCUT2D eigenvalue weighted by molar-refractivity contribution is 5.89. The predicted molar refractivity (Wildman–Crippen MR) is 51.0 cm³/mol. The Kier molecular flexibility index (Phi) is 3.49. The van der Waals surface area contributed by atoms with E-state index in [1.807, 2.05) is 11.5 Å². The molecular weight excluding hydrogens is 166 g/mol. The van der Waals surface area contributed by atoms with E-state index in [1.165, 1.54) is 0 Å². The average Bonchev–Trinajstić information content (AvgIpc) is 2.54. The number of aromatic nitrogens is 2. The normalized spacial score (nSPS) is 10.0. The van der Waals surface area contributed by atoms with Crippen LogP contribution in [0, 0.1) is 5.41 Å². The fourth-order valence-corrected chi connectivity index (χ4v) is 1.15. The van der Waals surface area contributed by atoms with E-state index >= 15 is 0 Å². The second-order valence-electron chi connectivity index (χ2n) is 2.73. The standard InChI is InChI=1S/C9H15N3O/c1-3-5-12-7-11-6-8(12)9(10)13-4-2/h6-7,10H,3-5H2,1-2H3. The summed E-state index contributed by atoms with van der Waals surface area (Å²) in [6.07, 6.45) is 4.42. The van der Waals surface area contributed by atoms with Crippen LogP contribution in [0.4, 0.5) is 0 Å². The lowest BCUT2D eigenvalue weighted by Crippen LogP contribution is -2.11. The van der Waals surface area contributed by atoms with Crippen molar-refractivity contribution in [3.05, 3.63) is 18.2 Å². The first-order valence-corrected chi connectivity index (χ1v) is 4.51. The summed E-state index contributed by atoms with van der Waals surface area (Å²) >= 11 is 0. The molecule has 0 bridgehead atoms. The van der Waals surface area contributed by atoms with Crippen LogP contribution in [0.3, 0.4) is 0 Å². The minimum Gasteiger partial charge on any atom is -0.477 e. The maximum atomic E-state index is 7.58. The van der Waals surface area contributed by atoms with Crippen LogP contribution in [0.1, 0.15) is 26.0 Å². The Balaban J connectivity index is 2.74. The lowest BCUT2D eigenvalue weighted by atomic mass is 10.4. The van der Waals surface area contributed by atoms with E-state index in [2.05, 4.69) is 11.9 Å². The van der Waals surface area contributed by atoms with Crippen LogP contribution < -0.4 is 0 Å². The van der Waals surface area contributed by atoms with E-state index in [4.69, 9.17) is 10.1 Å². The third-order valence-corrected chi connectivity index (χ3v) is 1.70. The number of imidazole rings is 1. The summed E-state index contributed by atoms with van der Waals surface area (Å²) in [4.78, 5) is 3.99. The highest BCUT2D eigenvalue weighted by Gasteiger charge is 2.07. The topological polar surface area (TPSA) is 50.9 Å². The van der Waals surface area contributed by atoms with Crippen molar-refractivity contribution in [2.24, 2.45) is 0 Å². The molecule has 0 amide bonds. The summed E-state index contributed by atoms with van der Waals surface area (Å²) in [7, 11) is 0. The van der Waals surface area contributed by atoms with Gasteiger partial charge in [-0.25, -0.2) is 4.98 Å². The smallest absolute Gasteiger partial charge is 0.232 e. The predicted octanol–water partition coefficient (Wildman–Crippen LogP) is 1.65. The highest BCUT2D eigenvalue weighted by Crippen LogP contribution is 2.02. The van der Waals surface area contributed by atoms with Gasteiger partial charge in [0.05, 0.1) is 19.1 Å². The molecule has 1 aromatic heterocycles. The van der Waals surface area contributed by atoms with Gasteiger partial charge in [-0.1, -0.05) is 6.92 Å². The lowest BCUT2D eigenvalue weighted by Gasteiger charge is -2.07. The summed E-state index contributed by atoms with van der Waals surface area (Å²) < 4.78 is 7.02. The summed E-state index contributed by atoms with van der Waals surface area (Å²) in [5.41, 5.74) is 0.753. The Morgan fingerprint density at radius 1 is 1.62 bits per heavy atom. The van der Waals surface area contributed by atoms with Gasteiger partial charge in [-0.15, -0.1) is 0 Å². The Morgan fingerprint density at radius 3 is 3.00 bits per heavy atom.